The third-order valence-electron chi connectivity index (χ3n) is 5.39. The molecule has 2 aromatic heterocycles. The van der Waals surface area contributed by atoms with Gasteiger partial charge < -0.3 is 8.83 Å². The molecule has 136 valence electrons. The Hall–Kier alpha value is -3.52. The number of allylic oxidation sites excluding steroid dienone is 4. The second-order valence-electron chi connectivity index (χ2n) is 6.99. The zero-order valence-corrected chi connectivity index (χ0v) is 15.6. The molecule has 2 aromatic carbocycles. The van der Waals surface area contributed by atoms with E-state index >= 15 is 0 Å². The number of hydrogen-bond acceptors (Lipinski definition) is 2. The van der Waals surface area contributed by atoms with Gasteiger partial charge in [-0.1, -0.05) is 60.7 Å². The molecule has 1 aliphatic rings. The lowest BCUT2D eigenvalue weighted by Crippen LogP contribution is -2.01. The Morgan fingerprint density at radius 1 is 0.607 bits per heavy atom. The van der Waals surface area contributed by atoms with Crippen LogP contribution in [0, 0.1) is 0 Å². The number of hydrogen-bond donors (Lipinski definition) is 0. The van der Waals surface area contributed by atoms with Crippen LogP contribution in [0.3, 0.4) is 0 Å². The molecule has 0 saturated carbocycles. The van der Waals surface area contributed by atoms with Crippen LogP contribution in [-0.2, 0) is 0 Å². The average Bonchev–Trinajstić information content (AvgIpc) is 3.49. The first-order valence-corrected chi connectivity index (χ1v) is 9.48. The highest BCUT2D eigenvalue weighted by atomic mass is 16.3. The van der Waals surface area contributed by atoms with Gasteiger partial charge >= 0.3 is 0 Å². The predicted octanol–water partition coefficient (Wildman–Crippen LogP) is 7.05. The van der Waals surface area contributed by atoms with E-state index in [9.17, 15) is 0 Å². The summed E-state index contributed by atoms with van der Waals surface area (Å²) in [5.74, 6) is 1.79. The van der Waals surface area contributed by atoms with E-state index in [4.69, 9.17) is 8.83 Å². The zero-order valence-electron chi connectivity index (χ0n) is 15.6. The van der Waals surface area contributed by atoms with Crippen LogP contribution in [0.1, 0.15) is 35.5 Å². The number of furan rings is 2. The Balaban J connectivity index is 1.83. The lowest BCUT2D eigenvalue weighted by Gasteiger charge is -2.17. The number of rotatable bonds is 4. The molecule has 28 heavy (non-hydrogen) atoms. The van der Waals surface area contributed by atoms with E-state index < -0.39 is 0 Å². The van der Waals surface area contributed by atoms with Crippen molar-refractivity contribution in [3.63, 3.8) is 0 Å². The van der Waals surface area contributed by atoms with E-state index in [1.54, 1.807) is 12.5 Å². The molecular weight excluding hydrogens is 344 g/mol. The monoisotopic (exact) mass is 364 g/mol. The molecule has 4 aromatic rings. The Kier molecular flexibility index (Phi) is 4.10. The minimum absolute atomic E-state index is 0.0150. The van der Waals surface area contributed by atoms with Crippen LogP contribution < -0.4 is 0 Å². The fourth-order valence-electron chi connectivity index (χ4n) is 4.26. The Bertz CT molecular complexity index is 1130. The lowest BCUT2D eigenvalue weighted by atomic mass is 9.86. The quantitative estimate of drug-likeness (QED) is 0.388. The van der Waals surface area contributed by atoms with Gasteiger partial charge in [0.25, 0.3) is 0 Å². The fourth-order valence-corrected chi connectivity index (χ4v) is 4.26. The summed E-state index contributed by atoms with van der Waals surface area (Å²) in [6, 6.07) is 29.1. The van der Waals surface area contributed by atoms with Crippen molar-refractivity contribution in [2.24, 2.45) is 0 Å². The van der Waals surface area contributed by atoms with Gasteiger partial charge in [0.2, 0.25) is 0 Å². The van der Waals surface area contributed by atoms with Gasteiger partial charge in [0.15, 0.2) is 0 Å². The largest absolute Gasteiger partial charge is 0.468 e. The second-order valence-corrected chi connectivity index (χ2v) is 6.99. The maximum Gasteiger partial charge on any atom is 0.131 e. The SMILES string of the molecule is CC1=C(c2ccccc2)C(c2ccco2)C(c2ccco2)=C1c1ccccc1. The third-order valence-corrected chi connectivity index (χ3v) is 5.39. The average molecular weight is 364 g/mol. The molecule has 0 aliphatic heterocycles. The summed E-state index contributed by atoms with van der Waals surface area (Å²) >= 11 is 0. The van der Waals surface area contributed by atoms with E-state index in [2.05, 4.69) is 67.6 Å². The summed E-state index contributed by atoms with van der Waals surface area (Å²) in [6.45, 7) is 2.20. The van der Waals surface area contributed by atoms with Crippen LogP contribution >= 0.6 is 0 Å². The summed E-state index contributed by atoms with van der Waals surface area (Å²) in [7, 11) is 0. The smallest absolute Gasteiger partial charge is 0.131 e. The lowest BCUT2D eigenvalue weighted by molar-refractivity contribution is 0.508. The maximum atomic E-state index is 5.92. The first-order chi connectivity index (χ1) is 13.8. The molecule has 1 aliphatic carbocycles. The highest BCUT2D eigenvalue weighted by molar-refractivity contribution is 6.12. The Labute approximate surface area is 164 Å². The maximum absolute atomic E-state index is 5.92. The van der Waals surface area contributed by atoms with Gasteiger partial charge in [-0.3, -0.25) is 0 Å². The zero-order chi connectivity index (χ0) is 18.9. The molecule has 0 saturated heterocycles. The molecule has 5 rings (SSSR count). The predicted molar refractivity (Wildman–Crippen MR) is 112 cm³/mol. The van der Waals surface area contributed by atoms with E-state index in [0.29, 0.717) is 0 Å². The molecule has 0 spiro atoms. The molecule has 1 unspecified atom stereocenters. The standard InChI is InChI=1S/C26H20O2/c1-18-23(19-10-4-2-5-11-19)25(21-14-8-16-27-21)26(22-15-9-17-28-22)24(18)20-12-6-3-7-13-20/h2-17,25H,1H3. The van der Waals surface area contributed by atoms with Crippen molar-refractivity contribution in [2.45, 2.75) is 12.8 Å². The van der Waals surface area contributed by atoms with Crippen molar-refractivity contribution in [3.05, 3.63) is 126 Å². The highest BCUT2D eigenvalue weighted by Crippen LogP contribution is 2.55. The summed E-state index contributed by atoms with van der Waals surface area (Å²) < 4.78 is 11.8. The molecule has 0 amide bonds. The fraction of sp³-hybridized carbons (Fsp3) is 0.0769. The van der Waals surface area contributed by atoms with Crippen molar-refractivity contribution < 1.29 is 8.83 Å². The van der Waals surface area contributed by atoms with Gasteiger partial charge in [0.1, 0.15) is 11.5 Å². The summed E-state index contributed by atoms with van der Waals surface area (Å²) in [6.07, 6.45) is 3.48. The van der Waals surface area contributed by atoms with Crippen LogP contribution in [0.25, 0.3) is 16.7 Å². The minimum Gasteiger partial charge on any atom is -0.468 e. The molecule has 2 nitrogen and oxygen atoms in total. The minimum atomic E-state index is -0.0150. The molecule has 1 atom stereocenters. The van der Waals surface area contributed by atoms with E-state index in [1.807, 2.05) is 24.3 Å². The van der Waals surface area contributed by atoms with Crippen LogP contribution in [0.2, 0.25) is 0 Å². The highest BCUT2D eigenvalue weighted by Gasteiger charge is 2.37. The normalized spacial score (nSPS) is 16.8. The van der Waals surface area contributed by atoms with Crippen LogP contribution in [0.15, 0.2) is 112 Å². The molecule has 0 bridgehead atoms. The van der Waals surface area contributed by atoms with Gasteiger partial charge in [-0.05, 0) is 59.0 Å². The summed E-state index contributed by atoms with van der Waals surface area (Å²) in [5.41, 5.74) is 7.29. The topological polar surface area (TPSA) is 26.3 Å². The van der Waals surface area contributed by atoms with Gasteiger partial charge in [0.05, 0.1) is 18.4 Å². The molecular formula is C26H20O2. The molecule has 2 heteroatoms. The first-order valence-electron chi connectivity index (χ1n) is 9.48. The number of benzene rings is 2. The van der Waals surface area contributed by atoms with Crippen molar-refractivity contribution >= 4 is 16.7 Å². The third kappa shape index (κ3) is 2.66. The molecule has 0 radical (unpaired) electrons. The molecule has 2 heterocycles. The van der Waals surface area contributed by atoms with Crippen LogP contribution in [0.4, 0.5) is 0 Å². The van der Waals surface area contributed by atoms with Crippen molar-refractivity contribution in [2.75, 3.05) is 0 Å². The molecule has 0 N–H and O–H groups in total. The summed E-state index contributed by atoms with van der Waals surface area (Å²) in [4.78, 5) is 0. The van der Waals surface area contributed by atoms with Crippen LogP contribution in [0.5, 0.6) is 0 Å². The van der Waals surface area contributed by atoms with E-state index in [0.717, 1.165) is 17.1 Å². The summed E-state index contributed by atoms with van der Waals surface area (Å²) in [5, 5.41) is 0. The van der Waals surface area contributed by atoms with E-state index in [1.165, 1.54) is 27.8 Å². The van der Waals surface area contributed by atoms with Gasteiger partial charge in [-0.2, -0.15) is 0 Å². The van der Waals surface area contributed by atoms with Crippen molar-refractivity contribution in [1.29, 1.82) is 0 Å². The first kappa shape index (κ1) is 16.6. The Morgan fingerprint density at radius 2 is 1.25 bits per heavy atom. The van der Waals surface area contributed by atoms with Crippen molar-refractivity contribution in [1.82, 2.24) is 0 Å². The van der Waals surface area contributed by atoms with Gasteiger partial charge in [0, 0.05) is 5.57 Å². The Morgan fingerprint density at radius 3 is 1.86 bits per heavy atom. The van der Waals surface area contributed by atoms with Gasteiger partial charge in [-0.25, -0.2) is 0 Å². The van der Waals surface area contributed by atoms with Crippen molar-refractivity contribution in [3.8, 4) is 0 Å². The second kappa shape index (κ2) is 6.90. The van der Waals surface area contributed by atoms with Gasteiger partial charge in [-0.15, -0.1) is 0 Å². The van der Waals surface area contributed by atoms with Crippen LogP contribution in [-0.4, -0.2) is 0 Å². The van der Waals surface area contributed by atoms with E-state index in [-0.39, 0.29) is 5.92 Å². The molecule has 0 fully saturated rings.